The number of hydrogen-bond donors (Lipinski definition) is 1. The number of anilines is 1. The topological polar surface area (TPSA) is 42.0 Å². The van der Waals surface area contributed by atoms with Crippen molar-refractivity contribution >= 4 is 23.4 Å². The van der Waals surface area contributed by atoms with E-state index in [0.29, 0.717) is 5.75 Å². The number of nitrogens with zero attached hydrogens (tertiary/aromatic N) is 1. The van der Waals surface area contributed by atoms with Gasteiger partial charge in [-0.15, -0.1) is 18.3 Å². The maximum Gasteiger partial charge on any atom is 0.258 e. The molecule has 1 heterocycles. The maximum absolute atomic E-state index is 13.3. The molecule has 2 aromatic carbocycles. The zero-order valence-electron chi connectivity index (χ0n) is 16.4. The molecule has 4 heteroatoms. The van der Waals surface area contributed by atoms with Crippen LogP contribution in [0.5, 0.6) is 0 Å². The summed E-state index contributed by atoms with van der Waals surface area (Å²) in [5.74, 6) is 0.638. The summed E-state index contributed by atoms with van der Waals surface area (Å²) < 4.78 is 0. The van der Waals surface area contributed by atoms with E-state index in [4.69, 9.17) is 4.98 Å². The number of carbonyl (C=O) groups excluding carboxylic acids is 1. The third-order valence-corrected chi connectivity index (χ3v) is 6.10. The summed E-state index contributed by atoms with van der Waals surface area (Å²) in [6, 6.07) is 19.9. The zero-order chi connectivity index (χ0) is 20.1. The summed E-state index contributed by atoms with van der Waals surface area (Å²) in [4.78, 5) is 18.3. The number of thioether (sulfide) groups is 1. The first kappa shape index (κ1) is 19.5. The van der Waals surface area contributed by atoms with Crippen molar-refractivity contribution in [1.82, 2.24) is 4.98 Å². The molecule has 3 aromatic rings. The van der Waals surface area contributed by atoms with Crippen molar-refractivity contribution in [3.63, 3.8) is 0 Å². The van der Waals surface area contributed by atoms with E-state index in [9.17, 15) is 4.79 Å². The molecule has 1 aliphatic carbocycles. The molecule has 0 spiro atoms. The van der Waals surface area contributed by atoms with E-state index in [-0.39, 0.29) is 5.91 Å². The van der Waals surface area contributed by atoms with Gasteiger partial charge in [-0.05, 0) is 48.9 Å². The lowest BCUT2D eigenvalue weighted by molar-refractivity contribution is 0.102. The number of hydrogen-bond acceptors (Lipinski definition) is 3. The van der Waals surface area contributed by atoms with Crippen molar-refractivity contribution in [2.75, 3.05) is 11.1 Å². The smallest absolute Gasteiger partial charge is 0.258 e. The van der Waals surface area contributed by atoms with Gasteiger partial charge in [-0.2, -0.15) is 0 Å². The number of amides is 1. The van der Waals surface area contributed by atoms with Gasteiger partial charge in [0, 0.05) is 17.0 Å². The van der Waals surface area contributed by atoms with Crippen molar-refractivity contribution < 1.29 is 4.79 Å². The normalized spacial score (nSPS) is 12.8. The van der Waals surface area contributed by atoms with Crippen molar-refractivity contribution in [2.24, 2.45) is 0 Å². The van der Waals surface area contributed by atoms with Crippen LogP contribution in [0.4, 0.5) is 5.69 Å². The lowest BCUT2D eigenvalue weighted by Crippen LogP contribution is -2.20. The highest BCUT2D eigenvalue weighted by atomic mass is 32.2. The Kier molecular flexibility index (Phi) is 6.11. The van der Waals surface area contributed by atoms with Gasteiger partial charge in [-0.3, -0.25) is 4.79 Å². The van der Waals surface area contributed by atoms with E-state index in [0.717, 1.165) is 58.8 Å². The molecule has 0 aliphatic heterocycles. The number of fused-ring (bicyclic) bond motifs is 1. The fourth-order valence-electron chi connectivity index (χ4n) is 3.82. The molecule has 3 nitrogen and oxygen atoms in total. The van der Waals surface area contributed by atoms with Crippen LogP contribution in [0.25, 0.3) is 11.3 Å². The molecule has 1 N–H and O–H groups in total. The molecule has 0 atom stereocenters. The van der Waals surface area contributed by atoms with Gasteiger partial charge in [0.1, 0.15) is 5.03 Å². The molecule has 0 bridgehead atoms. The highest BCUT2D eigenvalue weighted by Gasteiger charge is 2.26. The van der Waals surface area contributed by atoms with Crippen molar-refractivity contribution in [3.05, 3.63) is 90.0 Å². The molecular formula is C25H24N2OS. The fourth-order valence-corrected chi connectivity index (χ4v) is 4.61. The number of nitrogens with one attached hydrogen (secondary N) is 1. The zero-order valence-corrected chi connectivity index (χ0v) is 17.2. The van der Waals surface area contributed by atoms with Gasteiger partial charge in [-0.1, -0.05) is 54.6 Å². The number of aromatic nitrogens is 1. The van der Waals surface area contributed by atoms with E-state index in [1.807, 2.05) is 54.6 Å². The number of para-hydroxylation sites is 1. The standard InChI is InChI=1S/C25H24N2OS/c1-2-17-29-25-22(24(28)26-19-13-7-4-8-14-19)20-15-9-10-16-21(20)23(27-25)18-11-5-3-6-12-18/h2-8,11-14H,1,9-10,15-17H2,(H,26,28). The van der Waals surface area contributed by atoms with Crippen LogP contribution in [0.2, 0.25) is 0 Å². The molecule has 4 rings (SSSR count). The van der Waals surface area contributed by atoms with Crippen LogP contribution in [0.1, 0.15) is 34.3 Å². The van der Waals surface area contributed by atoms with E-state index in [1.54, 1.807) is 11.8 Å². The summed E-state index contributed by atoms with van der Waals surface area (Å²) in [7, 11) is 0. The minimum absolute atomic E-state index is 0.0759. The average molecular weight is 401 g/mol. The molecule has 0 unspecified atom stereocenters. The van der Waals surface area contributed by atoms with Gasteiger partial charge in [0.15, 0.2) is 0 Å². The van der Waals surface area contributed by atoms with Gasteiger partial charge in [0.25, 0.3) is 5.91 Å². The summed E-state index contributed by atoms with van der Waals surface area (Å²) in [5, 5.41) is 3.86. The summed E-state index contributed by atoms with van der Waals surface area (Å²) >= 11 is 1.58. The average Bonchev–Trinajstić information content (AvgIpc) is 2.78. The third-order valence-electron chi connectivity index (χ3n) is 5.13. The molecular weight excluding hydrogens is 376 g/mol. The summed E-state index contributed by atoms with van der Waals surface area (Å²) in [6.45, 7) is 3.84. The Bertz CT molecular complexity index is 1020. The Morgan fingerprint density at radius 2 is 1.66 bits per heavy atom. The lowest BCUT2D eigenvalue weighted by Gasteiger charge is -2.24. The molecule has 0 radical (unpaired) electrons. The summed E-state index contributed by atoms with van der Waals surface area (Å²) in [6.07, 6.45) is 5.96. The Labute approximate surface area is 176 Å². The first-order valence-electron chi connectivity index (χ1n) is 9.99. The second-order valence-corrected chi connectivity index (χ2v) is 8.10. The molecule has 1 aliphatic rings. The molecule has 146 valence electrons. The van der Waals surface area contributed by atoms with Crippen molar-refractivity contribution in [2.45, 2.75) is 30.7 Å². The molecule has 0 fully saturated rings. The highest BCUT2D eigenvalue weighted by Crippen LogP contribution is 2.37. The first-order valence-corrected chi connectivity index (χ1v) is 11.0. The highest BCUT2D eigenvalue weighted by molar-refractivity contribution is 7.99. The maximum atomic E-state index is 13.3. The monoisotopic (exact) mass is 400 g/mol. The number of carbonyl (C=O) groups is 1. The predicted molar refractivity (Wildman–Crippen MR) is 122 cm³/mol. The summed E-state index contributed by atoms with van der Waals surface area (Å²) in [5.41, 5.74) is 6.04. The predicted octanol–water partition coefficient (Wildman–Crippen LogP) is 6.16. The second kappa shape index (κ2) is 9.10. The van der Waals surface area contributed by atoms with Gasteiger partial charge in [-0.25, -0.2) is 4.98 Å². The van der Waals surface area contributed by atoms with Gasteiger partial charge >= 0.3 is 0 Å². The first-order chi connectivity index (χ1) is 14.3. The quantitative estimate of drug-likeness (QED) is 0.398. The van der Waals surface area contributed by atoms with E-state index in [1.165, 1.54) is 5.56 Å². The minimum atomic E-state index is -0.0759. The molecule has 0 saturated carbocycles. The molecule has 1 amide bonds. The van der Waals surface area contributed by atoms with Crippen molar-refractivity contribution in [1.29, 1.82) is 0 Å². The van der Waals surface area contributed by atoms with E-state index in [2.05, 4.69) is 24.0 Å². The van der Waals surface area contributed by atoms with Gasteiger partial charge < -0.3 is 5.32 Å². The van der Waals surface area contributed by atoms with Crippen LogP contribution >= 0.6 is 11.8 Å². The SMILES string of the molecule is C=CCSc1nc(-c2ccccc2)c2c(c1C(=O)Nc1ccccc1)CCCC2. The lowest BCUT2D eigenvalue weighted by atomic mass is 9.86. The van der Waals surface area contributed by atoms with Crippen LogP contribution in [0, 0.1) is 0 Å². The van der Waals surface area contributed by atoms with Crippen LogP contribution in [0.3, 0.4) is 0 Å². The Morgan fingerprint density at radius 3 is 2.34 bits per heavy atom. The molecule has 29 heavy (non-hydrogen) atoms. The number of rotatable bonds is 6. The van der Waals surface area contributed by atoms with Crippen LogP contribution in [-0.2, 0) is 12.8 Å². The largest absolute Gasteiger partial charge is 0.322 e. The third kappa shape index (κ3) is 4.28. The van der Waals surface area contributed by atoms with E-state index < -0.39 is 0 Å². The molecule has 1 aromatic heterocycles. The molecule has 0 saturated heterocycles. The fraction of sp³-hybridized carbons (Fsp3) is 0.200. The van der Waals surface area contributed by atoms with E-state index >= 15 is 0 Å². The number of pyridine rings is 1. The number of benzene rings is 2. The van der Waals surface area contributed by atoms with Crippen LogP contribution < -0.4 is 5.32 Å². The van der Waals surface area contributed by atoms with Crippen LogP contribution in [0.15, 0.2) is 78.3 Å². The Balaban J connectivity index is 1.84. The van der Waals surface area contributed by atoms with Crippen LogP contribution in [-0.4, -0.2) is 16.6 Å². The second-order valence-electron chi connectivity index (χ2n) is 7.09. The van der Waals surface area contributed by atoms with Gasteiger partial charge in [0.2, 0.25) is 0 Å². The van der Waals surface area contributed by atoms with Gasteiger partial charge in [0.05, 0.1) is 11.3 Å². The minimum Gasteiger partial charge on any atom is -0.322 e. The Morgan fingerprint density at radius 1 is 1.00 bits per heavy atom. The van der Waals surface area contributed by atoms with Crippen molar-refractivity contribution in [3.8, 4) is 11.3 Å². The Hall–Kier alpha value is -2.85.